The van der Waals surface area contributed by atoms with Crippen LogP contribution in [0.4, 0.5) is 0 Å². The molecule has 0 saturated carbocycles. The summed E-state index contributed by atoms with van der Waals surface area (Å²) in [5.74, 6) is -0.528. The van der Waals surface area contributed by atoms with E-state index in [1.807, 2.05) is 0 Å². The second-order valence-electron chi connectivity index (χ2n) is 4.25. The Morgan fingerprint density at radius 1 is 1.23 bits per heavy atom. The number of phenols is 2. The minimum absolute atomic E-state index is 0.217. The molecule has 7 heteroatoms. The van der Waals surface area contributed by atoms with Crippen molar-refractivity contribution >= 4 is 23.7 Å². The highest BCUT2D eigenvalue weighted by Gasteiger charge is 2.04. The monoisotopic (exact) mass is 320 g/mol. The van der Waals surface area contributed by atoms with Gasteiger partial charge in [0.15, 0.2) is 18.1 Å². The number of halogens is 1. The van der Waals surface area contributed by atoms with E-state index in [2.05, 4.69) is 10.5 Å². The van der Waals surface area contributed by atoms with E-state index < -0.39 is 5.91 Å². The number of carbonyl (C=O) groups excluding carboxylic acids is 1. The summed E-state index contributed by atoms with van der Waals surface area (Å²) in [6, 6.07) is 11.0. The van der Waals surface area contributed by atoms with Gasteiger partial charge in [-0.3, -0.25) is 4.79 Å². The van der Waals surface area contributed by atoms with Gasteiger partial charge in [0.2, 0.25) is 0 Å². The van der Waals surface area contributed by atoms with Gasteiger partial charge in [-0.05, 0) is 36.4 Å². The highest BCUT2D eigenvalue weighted by molar-refractivity contribution is 6.30. The fourth-order valence-corrected chi connectivity index (χ4v) is 1.66. The van der Waals surface area contributed by atoms with Crippen molar-refractivity contribution in [1.29, 1.82) is 0 Å². The maximum Gasteiger partial charge on any atom is 0.277 e. The SMILES string of the molecule is O=C(COc1ccc(Cl)cc1)N/N=C/c1cccc(O)c1O. The topological polar surface area (TPSA) is 91.2 Å². The number of nitrogens with one attached hydrogen (secondary N) is 1. The molecule has 0 heterocycles. The van der Waals surface area contributed by atoms with Crippen molar-refractivity contribution in [3.8, 4) is 17.2 Å². The second-order valence-corrected chi connectivity index (χ2v) is 4.69. The van der Waals surface area contributed by atoms with Crippen LogP contribution in [0.25, 0.3) is 0 Å². The van der Waals surface area contributed by atoms with Crippen molar-refractivity contribution in [2.45, 2.75) is 0 Å². The fourth-order valence-electron chi connectivity index (χ4n) is 1.54. The third kappa shape index (κ3) is 4.39. The first-order chi connectivity index (χ1) is 10.6. The summed E-state index contributed by atoms with van der Waals surface area (Å²) >= 11 is 5.73. The van der Waals surface area contributed by atoms with E-state index in [1.165, 1.54) is 18.3 Å². The van der Waals surface area contributed by atoms with Crippen LogP contribution in [-0.2, 0) is 4.79 Å². The minimum atomic E-state index is -0.467. The third-order valence-corrected chi connectivity index (χ3v) is 2.87. The number of benzene rings is 2. The van der Waals surface area contributed by atoms with Crippen LogP contribution in [0.1, 0.15) is 5.56 Å². The number of ether oxygens (including phenoxy) is 1. The van der Waals surface area contributed by atoms with Crippen molar-refractivity contribution in [3.63, 3.8) is 0 Å². The van der Waals surface area contributed by atoms with Crippen molar-refractivity contribution in [3.05, 3.63) is 53.1 Å². The molecule has 0 atom stereocenters. The second kappa shape index (κ2) is 7.33. The van der Waals surface area contributed by atoms with Crippen LogP contribution in [0, 0.1) is 0 Å². The van der Waals surface area contributed by atoms with Gasteiger partial charge in [-0.1, -0.05) is 17.7 Å². The molecule has 114 valence electrons. The molecule has 3 N–H and O–H groups in total. The molecule has 2 aromatic rings. The number of para-hydroxylation sites is 1. The highest BCUT2D eigenvalue weighted by Crippen LogP contribution is 2.26. The maximum absolute atomic E-state index is 11.5. The zero-order chi connectivity index (χ0) is 15.9. The van der Waals surface area contributed by atoms with Crippen LogP contribution in [-0.4, -0.2) is 28.9 Å². The standard InChI is InChI=1S/C15H13ClN2O4/c16-11-4-6-12(7-5-11)22-9-14(20)18-17-8-10-2-1-3-13(19)15(10)21/h1-8,19,21H,9H2,(H,18,20)/b17-8+. The van der Waals surface area contributed by atoms with Gasteiger partial charge in [-0.25, -0.2) is 5.43 Å². The lowest BCUT2D eigenvalue weighted by Crippen LogP contribution is -2.24. The van der Waals surface area contributed by atoms with Crippen molar-refractivity contribution < 1.29 is 19.7 Å². The van der Waals surface area contributed by atoms with E-state index >= 15 is 0 Å². The van der Waals surface area contributed by atoms with Crippen LogP contribution in [0.2, 0.25) is 5.02 Å². The number of carbonyl (C=O) groups is 1. The maximum atomic E-state index is 11.5. The van der Waals surface area contributed by atoms with Gasteiger partial charge in [0.05, 0.1) is 6.21 Å². The largest absolute Gasteiger partial charge is 0.504 e. The van der Waals surface area contributed by atoms with Crippen LogP contribution in [0.3, 0.4) is 0 Å². The van der Waals surface area contributed by atoms with Crippen LogP contribution >= 0.6 is 11.6 Å². The Balaban J connectivity index is 1.83. The van der Waals surface area contributed by atoms with E-state index in [0.717, 1.165) is 0 Å². The zero-order valence-corrected chi connectivity index (χ0v) is 12.1. The van der Waals surface area contributed by atoms with E-state index in [9.17, 15) is 15.0 Å². The Hall–Kier alpha value is -2.73. The van der Waals surface area contributed by atoms with Crippen LogP contribution < -0.4 is 10.2 Å². The molecule has 0 unspecified atom stereocenters. The van der Waals surface area contributed by atoms with Gasteiger partial charge in [0.1, 0.15) is 5.75 Å². The normalized spacial score (nSPS) is 10.6. The van der Waals surface area contributed by atoms with Crippen molar-refractivity contribution in [2.24, 2.45) is 5.10 Å². The molecular formula is C15H13ClN2O4. The Kier molecular flexibility index (Phi) is 5.21. The van der Waals surface area contributed by atoms with E-state index in [0.29, 0.717) is 10.8 Å². The first-order valence-corrected chi connectivity index (χ1v) is 6.65. The van der Waals surface area contributed by atoms with Gasteiger partial charge in [0, 0.05) is 10.6 Å². The number of amides is 1. The summed E-state index contributed by atoms with van der Waals surface area (Å²) < 4.78 is 5.23. The average Bonchev–Trinajstić information content (AvgIpc) is 2.51. The van der Waals surface area contributed by atoms with Gasteiger partial charge < -0.3 is 14.9 Å². The van der Waals surface area contributed by atoms with Gasteiger partial charge in [-0.2, -0.15) is 5.10 Å². The molecule has 0 aliphatic carbocycles. The quantitative estimate of drug-likeness (QED) is 0.448. The number of phenolic OH excluding ortho intramolecular Hbond substituents is 2. The smallest absolute Gasteiger partial charge is 0.277 e. The predicted molar refractivity (Wildman–Crippen MR) is 82.5 cm³/mol. The summed E-state index contributed by atoms with van der Waals surface area (Å²) in [6.07, 6.45) is 1.22. The molecule has 0 bridgehead atoms. The number of nitrogens with zero attached hydrogens (tertiary/aromatic N) is 1. The van der Waals surface area contributed by atoms with E-state index in [-0.39, 0.29) is 23.7 Å². The van der Waals surface area contributed by atoms with Gasteiger partial charge in [0.25, 0.3) is 5.91 Å². The summed E-state index contributed by atoms with van der Waals surface area (Å²) in [6.45, 7) is -0.217. The summed E-state index contributed by atoms with van der Waals surface area (Å²) in [5, 5.41) is 23.1. The molecular weight excluding hydrogens is 308 g/mol. The lowest BCUT2D eigenvalue weighted by atomic mass is 10.2. The van der Waals surface area contributed by atoms with Gasteiger partial charge >= 0.3 is 0 Å². The van der Waals surface area contributed by atoms with Crippen LogP contribution in [0.15, 0.2) is 47.6 Å². The predicted octanol–water partition coefficient (Wildman–Crippen LogP) is 2.28. The average molecular weight is 321 g/mol. The Bertz CT molecular complexity index is 686. The fraction of sp³-hybridized carbons (Fsp3) is 0.0667. The third-order valence-electron chi connectivity index (χ3n) is 2.62. The molecule has 0 aliphatic heterocycles. The summed E-state index contributed by atoms with van der Waals surface area (Å²) in [7, 11) is 0. The molecule has 0 spiro atoms. The number of rotatable bonds is 5. The van der Waals surface area contributed by atoms with Crippen molar-refractivity contribution in [1.82, 2.24) is 5.43 Å². The van der Waals surface area contributed by atoms with E-state index in [1.54, 1.807) is 30.3 Å². The molecule has 0 fully saturated rings. The molecule has 2 aromatic carbocycles. The first kappa shape index (κ1) is 15.7. The molecule has 0 saturated heterocycles. The van der Waals surface area contributed by atoms with Crippen LogP contribution in [0.5, 0.6) is 17.2 Å². The van der Waals surface area contributed by atoms with Gasteiger partial charge in [-0.15, -0.1) is 0 Å². The molecule has 6 nitrogen and oxygen atoms in total. The summed E-state index contributed by atoms with van der Waals surface area (Å²) in [5.41, 5.74) is 2.52. The Labute approximate surface area is 131 Å². The minimum Gasteiger partial charge on any atom is -0.504 e. The number of aromatic hydroxyl groups is 2. The molecule has 1 amide bonds. The number of hydrogen-bond donors (Lipinski definition) is 3. The van der Waals surface area contributed by atoms with Crippen molar-refractivity contribution in [2.75, 3.05) is 6.61 Å². The summed E-state index contributed by atoms with van der Waals surface area (Å²) in [4.78, 5) is 11.5. The lowest BCUT2D eigenvalue weighted by Gasteiger charge is -2.05. The zero-order valence-electron chi connectivity index (χ0n) is 11.4. The number of hydrazone groups is 1. The number of hydrogen-bond acceptors (Lipinski definition) is 5. The Morgan fingerprint density at radius 3 is 2.68 bits per heavy atom. The Morgan fingerprint density at radius 2 is 1.95 bits per heavy atom. The lowest BCUT2D eigenvalue weighted by molar-refractivity contribution is -0.123. The first-order valence-electron chi connectivity index (χ1n) is 6.27. The molecule has 22 heavy (non-hydrogen) atoms. The molecule has 0 aliphatic rings. The molecule has 0 aromatic heterocycles. The molecule has 2 rings (SSSR count). The highest BCUT2D eigenvalue weighted by atomic mass is 35.5. The molecule has 0 radical (unpaired) electrons. The van der Waals surface area contributed by atoms with E-state index in [4.69, 9.17) is 16.3 Å².